The minimum atomic E-state index is -4.94. The molecule has 0 saturated carbocycles. The molecule has 0 spiro atoms. The summed E-state index contributed by atoms with van der Waals surface area (Å²) in [4.78, 5) is 10.5. The Morgan fingerprint density at radius 2 is 1.94 bits per heavy atom. The molecule has 1 atom stereocenters. The van der Waals surface area contributed by atoms with E-state index in [9.17, 15) is 22.4 Å². The minimum Gasteiger partial charge on any atom is -0.481 e. The van der Waals surface area contributed by atoms with Gasteiger partial charge in [0.05, 0.1) is 0 Å². The summed E-state index contributed by atoms with van der Waals surface area (Å²) in [6.07, 6.45) is -4.94. The smallest absolute Gasteiger partial charge is 0.406 e. The van der Waals surface area contributed by atoms with Crippen molar-refractivity contribution < 1.29 is 27.5 Å². The lowest BCUT2D eigenvalue weighted by Crippen LogP contribution is -2.28. The van der Waals surface area contributed by atoms with Gasteiger partial charge in [-0.25, -0.2) is 4.39 Å². The Morgan fingerprint density at radius 3 is 2.31 bits per heavy atom. The van der Waals surface area contributed by atoms with Crippen LogP contribution in [0.5, 0.6) is 0 Å². The van der Waals surface area contributed by atoms with E-state index in [1.54, 1.807) is 0 Å². The summed E-state index contributed by atoms with van der Waals surface area (Å²) in [5, 5.41) is 8.48. The quantitative estimate of drug-likeness (QED) is 0.801. The Hall–Kier alpha value is -1.59. The van der Waals surface area contributed by atoms with E-state index in [4.69, 9.17) is 5.11 Å². The number of aryl methyl sites for hydroxylation is 1. The molecule has 1 unspecified atom stereocenters. The molecular formula is C10H8F4O2. The van der Waals surface area contributed by atoms with Crippen LogP contribution in [0.2, 0.25) is 0 Å². The van der Waals surface area contributed by atoms with Crippen molar-refractivity contribution >= 4 is 5.97 Å². The van der Waals surface area contributed by atoms with Crippen molar-refractivity contribution in [3.63, 3.8) is 0 Å². The van der Waals surface area contributed by atoms with Crippen LogP contribution in [0.4, 0.5) is 17.6 Å². The van der Waals surface area contributed by atoms with Crippen LogP contribution in [0, 0.1) is 12.7 Å². The number of carbonyl (C=O) groups is 1. The van der Waals surface area contributed by atoms with Crippen LogP contribution in [-0.4, -0.2) is 17.3 Å². The van der Waals surface area contributed by atoms with Crippen molar-refractivity contribution in [2.75, 3.05) is 0 Å². The SMILES string of the molecule is Cc1ccc(C(C(=O)O)C(F)(F)F)cc1F. The summed E-state index contributed by atoms with van der Waals surface area (Å²) in [7, 11) is 0. The highest BCUT2D eigenvalue weighted by Gasteiger charge is 2.46. The van der Waals surface area contributed by atoms with E-state index in [-0.39, 0.29) is 5.56 Å². The number of hydrogen-bond acceptors (Lipinski definition) is 1. The van der Waals surface area contributed by atoms with Gasteiger partial charge in [0.2, 0.25) is 0 Å². The second-order valence-electron chi connectivity index (χ2n) is 3.32. The molecule has 2 nitrogen and oxygen atoms in total. The maximum Gasteiger partial charge on any atom is 0.406 e. The van der Waals surface area contributed by atoms with Crippen molar-refractivity contribution in [3.05, 3.63) is 35.1 Å². The average molecular weight is 236 g/mol. The molecule has 1 aromatic carbocycles. The Labute approximate surface area is 88.5 Å². The highest BCUT2D eigenvalue weighted by atomic mass is 19.4. The van der Waals surface area contributed by atoms with E-state index in [0.717, 1.165) is 12.1 Å². The van der Waals surface area contributed by atoms with E-state index in [0.29, 0.717) is 6.07 Å². The van der Waals surface area contributed by atoms with Gasteiger partial charge in [-0.2, -0.15) is 13.2 Å². The van der Waals surface area contributed by atoms with E-state index in [2.05, 4.69) is 0 Å². The number of benzene rings is 1. The fraction of sp³-hybridized carbons (Fsp3) is 0.300. The number of halogens is 4. The van der Waals surface area contributed by atoms with Crippen LogP contribution < -0.4 is 0 Å². The first kappa shape index (κ1) is 12.5. The van der Waals surface area contributed by atoms with Gasteiger partial charge >= 0.3 is 12.1 Å². The second-order valence-corrected chi connectivity index (χ2v) is 3.32. The fourth-order valence-electron chi connectivity index (χ4n) is 1.26. The molecule has 0 heterocycles. The van der Waals surface area contributed by atoms with Gasteiger partial charge in [-0.05, 0) is 24.1 Å². The maximum atomic E-state index is 13.0. The standard InChI is InChI=1S/C10H8F4O2/c1-5-2-3-6(4-7(5)11)8(9(15)16)10(12,13)14/h2-4,8H,1H3,(H,15,16). The van der Waals surface area contributed by atoms with Crippen molar-refractivity contribution in [2.24, 2.45) is 0 Å². The Balaban J connectivity index is 3.22. The van der Waals surface area contributed by atoms with Crippen LogP contribution in [0.25, 0.3) is 0 Å². The van der Waals surface area contributed by atoms with Gasteiger partial charge in [-0.3, -0.25) is 4.79 Å². The van der Waals surface area contributed by atoms with Crippen LogP contribution in [0.1, 0.15) is 17.0 Å². The van der Waals surface area contributed by atoms with Crippen LogP contribution in [0.3, 0.4) is 0 Å². The fourth-order valence-corrected chi connectivity index (χ4v) is 1.26. The zero-order chi connectivity index (χ0) is 12.5. The summed E-state index contributed by atoms with van der Waals surface area (Å²) in [5.74, 6) is -5.59. The number of alkyl halides is 3. The first-order chi connectivity index (χ1) is 7.23. The molecule has 0 saturated heterocycles. The summed E-state index contributed by atoms with van der Waals surface area (Å²) in [6.45, 7) is 1.38. The predicted molar refractivity (Wildman–Crippen MR) is 47.6 cm³/mol. The molecular weight excluding hydrogens is 228 g/mol. The van der Waals surface area contributed by atoms with Crippen molar-refractivity contribution in [1.29, 1.82) is 0 Å². The van der Waals surface area contributed by atoms with Crippen molar-refractivity contribution in [2.45, 2.75) is 19.0 Å². The van der Waals surface area contributed by atoms with E-state index < -0.39 is 29.4 Å². The largest absolute Gasteiger partial charge is 0.481 e. The third-order valence-electron chi connectivity index (χ3n) is 2.10. The first-order valence-electron chi connectivity index (χ1n) is 4.29. The number of carboxylic acid groups (broad SMARTS) is 1. The molecule has 1 rings (SSSR count). The average Bonchev–Trinajstić information content (AvgIpc) is 2.08. The summed E-state index contributed by atoms with van der Waals surface area (Å²) in [6, 6.07) is 2.68. The molecule has 0 amide bonds. The van der Waals surface area contributed by atoms with Gasteiger partial charge < -0.3 is 5.11 Å². The third kappa shape index (κ3) is 2.50. The van der Waals surface area contributed by atoms with Gasteiger partial charge in [0.1, 0.15) is 5.82 Å². The maximum absolute atomic E-state index is 13.0. The van der Waals surface area contributed by atoms with E-state index >= 15 is 0 Å². The van der Waals surface area contributed by atoms with Crippen LogP contribution >= 0.6 is 0 Å². The molecule has 0 aromatic heterocycles. The lowest BCUT2D eigenvalue weighted by atomic mass is 9.97. The van der Waals surface area contributed by atoms with Crippen molar-refractivity contribution in [1.82, 2.24) is 0 Å². The number of carboxylic acids is 1. The zero-order valence-electron chi connectivity index (χ0n) is 8.18. The lowest BCUT2D eigenvalue weighted by molar-refractivity contribution is -0.176. The lowest BCUT2D eigenvalue weighted by Gasteiger charge is -2.16. The number of rotatable bonds is 2. The highest BCUT2D eigenvalue weighted by Crippen LogP contribution is 2.35. The molecule has 0 aliphatic heterocycles. The second kappa shape index (κ2) is 4.11. The molecule has 0 aliphatic rings. The van der Waals surface area contributed by atoms with Gasteiger partial charge in [0.15, 0.2) is 5.92 Å². The monoisotopic (exact) mass is 236 g/mol. The molecule has 0 bridgehead atoms. The summed E-state index contributed by atoms with van der Waals surface area (Å²) in [5.41, 5.74) is -0.446. The normalized spacial score (nSPS) is 13.6. The number of aliphatic carboxylic acids is 1. The molecule has 88 valence electrons. The van der Waals surface area contributed by atoms with Gasteiger partial charge in [-0.1, -0.05) is 12.1 Å². The molecule has 0 radical (unpaired) electrons. The van der Waals surface area contributed by atoms with Gasteiger partial charge in [0, 0.05) is 0 Å². The highest BCUT2D eigenvalue weighted by molar-refractivity contribution is 5.77. The zero-order valence-corrected chi connectivity index (χ0v) is 8.18. The Bertz CT molecular complexity index is 412. The molecule has 6 heteroatoms. The van der Waals surface area contributed by atoms with E-state index in [1.165, 1.54) is 6.92 Å². The Kier molecular flexibility index (Phi) is 3.21. The Morgan fingerprint density at radius 1 is 1.38 bits per heavy atom. The minimum absolute atomic E-state index is 0.162. The van der Waals surface area contributed by atoms with Gasteiger partial charge in [0.25, 0.3) is 0 Å². The van der Waals surface area contributed by atoms with Crippen molar-refractivity contribution in [3.8, 4) is 0 Å². The van der Waals surface area contributed by atoms with Crippen LogP contribution in [-0.2, 0) is 4.79 Å². The van der Waals surface area contributed by atoms with Crippen LogP contribution in [0.15, 0.2) is 18.2 Å². The number of hydrogen-bond donors (Lipinski definition) is 1. The molecule has 0 aliphatic carbocycles. The molecule has 1 N–H and O–H groups in total. The third-order valence-corrected chi connectivity index (χ3v) is 2.10. The summed E-state index contributed by atoms with van der Waals surface area (Å²) < 4.78 is 50.2. The first-order valence-corrected chi connectivity index (χ1v) is 4.29. The van der Waals surface area contributed by atoms with E-state index in [1.807, 2.05) is 0 Å². The summed E-state index contributed by atoms with van der Waals surface area (Å²) >= 11 is 0. The van der Waals surface area contributed by atoms with Gasteiger partial charge in [-0.15, -0.1) is 0 Å². The molecule has 16 heavy (non-hydrogen) atoms. The topological polar surface area (TPSA) is 37.3 Å². The molecule has 0 fully saturated rings. The predicted octanol–water partition coefficient (Wildman–Crippen LogP) is 2.86. The molecule has 1 aromatic rings.